The van der Waals surface area contributed by atoms with Crippen LogP contribution in [0.4, 0.5) is 4.79 Å². The summed E-state index contributed by atoms with van der Waals surface area (Å²) in [6.45, 7) is 3.47. The molecule has 1 aliphatic rings. The monoisotopic (exact) mass is 316 g/mol. The Balaban J connectivity index is 1.57. The van der Waals surface area contributed by atoms with Gasteiger partial charge in [-0.05, 0) is 38.2 Å². The van der Waals surface area contributed by atoms with E-state index >= 15 is 0 Å². The predicted molar refractivity (Wildman–Crippen MR) is 86.9 cm³/mol. The minimum Gasteiger partial charge on any atom is -0.338 e. The number of amides is 2. The van der Waals surface area contributed by atoms with E-state index in [0.717, 1.165) is 43.5 Å². The van der Waals surface area contributed by atoms with E-state index in [-0.39, 0.29) is 12.1 Å². The van der Waals surface area contributed by atoms with Crippen LogP contribution in [0.5, 0.6) is 0 Å². The topological polar surface area (TPSA) is 78.8 Å². The second kappa shape index (κ2) is 6.85. The first kappa shape index (κ1) is 15.6. The number of likely N-dealkylation sites (tertiary alicyclic amines) is 1. The highest BCUT2D eigenvalue weighted by Gasteiger charge is 2.28. The van der Waals surface area contributed by atoms with Gasteiger partial charge in [-0.3, -0.25) is 9.78 Å². The van der Waals surface area contributed by atoms with Crippen molar-refractivity contribution in [2.24, 2.45) is 7.05 Å². The van der Waals surface area contributed by atoms with Gasteiger partial charge in [-0.2, -0.15) is 10.2 Å². The Kier molecular flexibility index (Phi) is 4.64. The average Bonchev–Trinajstić information content (AvgIpc) is 3.20. The van der Waals surface area contributed by atoms with Gasteiger partial charge in [0, 0.05) is 37.6 Å². The third-order valence-corrected chi connectivity index (χ3v) is 4.68. The number of rotatable bonds is 4. The number of hydrogen-bond donors (Lipinski definition) is 2. The molecule has 1 aliphatic heterocycles. The van der Waals surface area contributed by atoms with Crippen molar-refractivity contribution in [2.45, 2.75) is 38.6 Å². The molecule has 2 amide bonds. The van der Waals surface area contributed by atoms with Crippen LogP contribution in [-0.4, -0.2) is 44.0 Å². The van der Waals surface area contributed by atoms with Crippen LogP contribution in [0, 0.1) is 6.92 Å². The molecule has 0 unspecified atom stereocenters. The lowest BCUT2D eigenvalue weighted by Gasteiger charge is -2.35. The van der Waals surface area contributed by atoms with E-state index < -0.39 is 0 Å². The zero-order valence-corrected chi connectivity index (χ0v) is 13.7. The van der Waals surface area contributed by atoms with Gasteiger partial charge in [0.2, 0.25) is 0 Å². The van der Waals surface area contributed by atoms with Gasteiger partial charge in [0.15, 0.2) is 0 Å². The molecule has 2 aromatic heterocycles. The number of aromatic amines is 1. The van der Waals surface area contributed by atoms with Crippen molar-refractivity contribution in [1.82, 2.24) is 30.2 Å². The number of urea groups is 1. The van der Waals surface area contributed by atoms with Crippen molar-refractivity contribution in [3.05, 3.63) is 35.4 Å². The van der Waals surface area contributed by atoms with Crippen LogP contribution in [-0.2, 0) is 13.5 Å². The van der Waals surface area contributed by atoms with Gasteiger partial charge in [-0.1, -0.05) is 0 Å². The van der Waals surface area contributed by atoms with Crippen molar-refractivity contribution in [3.63, 3.8) is 0 Å². The molecule has 0 aliphatic carbocycles. The quantitative estimate of drug-likeness (QED) is 0.904. The number of H-pyrrole nitrogens is 1. The molecule has 2 aromatic rings. The van der Waals surface area contributed by atoms with E-state index in [9.17, 15) is 4.79 Å². The molecule has 3 rings (SSSR count). The number of carbonyl (C=O) groups is 1. The maximum atomic E-state index is 12.5. The maximum absolute atomic E-state index is 12.5. The summed E-state index contributed by atoms with van der Waals surface area (Å²) in [5.41, 5.74) is 3.41. The van der Waals surface area contributed by atoms with Gasteiger partial charge in [0.25, 0.3) is 0 Å². The molecule has 1 atom stereocenters. The summed E-state index contributed by atoms with van der Waals surface area (Å²) in [4.78, 5) is 14.5. The molecule has 1 fully saturated rings. The number of hydrogen-bond acceptors (Lipinski definition) is 3. The fourth-order valence-corrected chi connectivity index (χ4v) is 3.16. The van der Waals surface area contributed by atoms with Crippen LogP contribution in [0.15, 0.2) is 18.6 Å². The van der Waals surface area contributed by atoms with E-state index in [1.807, 2.05) is 42.1 Å². The summed E-state index contributed by atoms with van der Waals surface area (Å²) in [5.74, 6) is 0. The summed E-state index contributed by atoms with van der Waals surface area (Å²) in [6.07, 6.45) is 9.57. The molecular weight excluding hydrogens is 292 g/mol. The lowest BCUT2D eigenvalue weighted by atomic mass is 9.98. The van der Waals surface area contributed by atoms with E-state index in [4.69, 9.17) is 0 Å². The van der Waals surface area contributed by atoms with Gasteiger partial charge in [0.1, 0.15) is 0 Å². The zero-order valence-electron chi connectivity index (χ0n) is 13.7. The second-order valence-corrected chi connectivity index (χ2v) is 6.10. The van der Waals surface area contributed by atoms with E-state index in [1.165, 1.54) is 5.56 Å². The van der Waals surface area contributed by atoms with Crippen LogP contribution in [0.1, 0.15) is 42.1 Å². The van der Waals surface area contributed by atoms with E-state index in [1.54, 1.807) is 0 Å². The average molecular weight is 316 g/mol. The molecule has 7 nitrogen and oxygen atoms in total. The van der Waals surface area contributed by atoms with Crippen molar-refractivity contribution in [3.8, 4) is 0 Å². The molecule has 124 valence electrons. The number of aromatic nitrogens is 4. The highest BCUT2D eigenvalue weighted by molar-refractivity contribution is 5.74. The third-order valence-electron chi connectivity index (χ3n) is 4.68. The minimum atomic E-state index is 0.0115. The van der Waals surface area contributed by atoms with Gasteiger partial charge in [-0.25, -0.2) is 4.79 Å². The molecule has 2 N–H and O–H groups in total. The summed E-state index contributed by atoms with van der Waals surface area (Å²) in [5, 5.41) is 14.1. The molecule has 7 heteroatoms. The van der Waals surface area contributed by atoms with Gasteiger partial charge < -0.3 is 10.2 Å². The van der Waals surface area contributed by atoms with Crippen LogP contribution >= 0.6 is 0 Å². The minimum absolute atomic E-state index is 0.0115. The number of nitrogens with zero attached hydrogens (tertiary/aromatic N) is 4. The van der Waals surface area contributed by atoms with E-state index in [0.29, 0.717) is 6.54 Å². The lowest BCUT2D eigenvalue weighted by molar-refractivity contribution is 0.151. The lowest BCUT2D eigenvalue weighted by Crippen LogP contribution is -2.45. The highest BCUT2D eigenvalue weighted by Crippen LogP contribution is 2.30. The van der Waals surface area contributed by atoms with Crippen molar-refractivity contribution < 1.29 is 4.79 Å². The number of piperidine rings is 1. The van der Waals surface area contributed by atoms with Crippen LogP contribution < -0.4 is 5.32 Å². The largest absolute Gasteiger partial charge is 0.338 e. The molecular formula is C16H24N6O. The first-order chi connectivity index (χ1) is 11.2. The Morgan fingerprint density at radius 1 is 1.43 bits per heavy atom. The summed E-state index contributed by atoms with van der Waals surface area (Å²) in [7, 11) is 1.93. The van der Waals surface area contributed by atoms with Crippen LogP contribution in [0.2, 0.25) is 0 Å². The van der Waals surface area contributed by atoms with Crippen LogP contribution in [0.25, 0.3) is 0 Å². The summed E-state index contributed by atoms with van der Waals surface area (Å²) in [6, 6.07) is 0.139. The Bertz CT molecular complexity index is 648. The molecule has 0 radical (unpaired) electrons. The standard InChI is InChI=1S/C16H24N6O/c1-12-13(11-20-21(12)2)6-7-17-16(23)22-8-4-3-5-15(22)14-9-18-19-10-14/h9-11,15H,3-8H2,1-2H3,(H,17,23)(H,18,19)/t15-/m1/s1. The number of nitrogens with one attached hydrogen (secondary N) is 2. The summed E-state index contributed by atoms with van der Waals surface area (Å²) >= 11 is 0. The maximum Gasteiger partial charge on any atom is 0.317 e. The second-order valence-electron chi connectivity index (χ2n) is 6.10. The van der Waals surface area contributed by atoms with Gasteiger partial charge >= 0.3 is 6.03 Å². The van der Waals surface area contributed by atoms with E-state index in [2.05, 4.69) is 20.6 Å². The molecule has 0 aromatic carbocycles. The van der Waals surface area contributed by atoms with Crippen LogP contribution in [0.3, 0.4) is 0 Å². The summed E-state index contributed by atoms with van der Waals surface area (Å²) < 4.78 is 1.86. The third kappa shape index (κ3) is 3.38. The fourth-order valence-electron chi connectivity index (χ4n) is 3.16. The molecule has 0 spiro atoms. The normalized spacial score (nSPS) is 18.2. The smallest absolute Gasteiger partial charge is 0.317 e. The SMILES string of the molecule is Cc1c(CCNC(=O)N2CCCC[C@@H]2c2cn[nH]c2)cnn1C. The van der Waals surface area contributed by atoms with Gasteiger partial charge in [-0.15, -0.1) is 0 Å². The first-order valence-corrected chi connectivity index (χ1v) is 8.17. The van der Waals surface area contributed by atoms with Crippen molar-refractivity contribution in [2.75, 3.05) is 13.1 Å². The van der Waals surface area contributed by atoms with Crippen molar-refractivity contribution in [1.29, 1.82) is 0 Å². The van der Waals surface area contributed by atoms with Gasteiger partial charge in [0.05, 0.1) is 18.4 Å². The Morgan fingerprint density at radius 3 is 3.00 bits per heavy atom. The fraction of sp³-hybridized carbons (Fsp3) is 0.562. The van der Waals surface area contributed by atoms with Crippen molar-refractivity contribution >= 4 is 6.03 Å². The molecule has 23 heavy (non-hydrogen) atoms. The molecule has 0 bridgehead atoms. The number of carbonyl (C=O) groups excluding carboxylic acids is 1. The molecule has 1 saturated heterocycles. The number of aryl methyl sites for hydroxylation is 1. The Morgan fingerprint density at radius 2 is 2.30 bits per heavy atom. The molecule has 3 heterocycles. The Hall–Kier alpha value is -2.31. The highest BCUT2D eigenvalue weighted by atomic mass is 16.2. The Labute approximate surface area is 136 Å². The molecule has 0 saturated carbocycles. The predicted octanol–water partition coefficient (Wildman–Crippen LogP) is 1.93. The zero-order chi connectivity index (χ0) is 16.2. The first-order valence-electron chi connectivity index (χ1n) is 8.17.